The summed E-state index contributed by atoms with van der Waals surface area (Å²) in [4.78, 5) is 4.63. The predicted octanol–water partition coefficient (Wildman–Crippen LogP) is 17.2. The van der Waals surface area contributed by atoms with Crippen LogP contribution in [0, 0.1) is 0 Å². The normalized spacial score (nSPS) is 11.1. The van der Waals surface area contributed by atoms with Crippen molar-refractivity contribution in [2.75, 3.05) is 23.0 Å². The molecule has 0 spiro atoms. The summed E-state index contributed by atoms with van der Waals surface area (Å²) in [5.41, 5.74) is 18.4. The van der Waals surface area contributed by atoms with E-state index in [1.54, 1.807) is 0 Å². The van der Waals surface area contributed by atoms with E-state index >= 15 is 0 Å². The maximum atomic E-state index is 6.36. The topological polar surface area (TPSA) is 34.2 Å². The van der Waals surface area contributed by atoms with Crippen molar-refractivity contribution in [2.45, 2.75) is 39.3 Å². The first-order chi connectivity index (χ1) is 36.2. The lowest BCUT2D eigenvalue weighted by molar-refractivity contribution is 0.107. The second-order valence-electron chi connectivity index (χ2n) is 18.2. The van der Waals surface area contributed by atoms with E-state index in [1.165, 1.54) is 44.5 Å². The summed E-state index contributed by atoms with van der Waals surface area (Å²) in [6.07, 6.45) is 1.70. The third-order valence-electron chi connectivity index (χ3n) is 13.1. The molecule has 0 aliphatic carbocycles. The van der Waals surface area contributed by atoms with Gasteiger partial charge in [0.15, 0.2) is 0 Å². The summed E-state index contributed by atoms with van der Waals surface area (Å²) in [5.74, 6) is 0. The van der Waals surface area contributed by atoms with Crippen molar-refractivity contribution >= 4 is 34.1 Å². The molecule has 0 atom stereocenters. The molecular formula is C68H60N2O3. The van der Waals surface area contributed by atoms with Crippen molar-refractivity contribution in [3.8, 4) is 22.3 Å². The van der Waals surface area contributed by atoms with Crippen LogP contribution >= 0.6 is 0 Å². The van der Waals surface area contributed by atoms with Crippen molar-refractivity contribution in [1.29, 1.82) is 0 Å². The molecule has 0 aliphatic rings. The molecular weight excluding hydrogens is 893 g/mol. The monoisotopic (exact) mass is 952 g/mol. The summed E-state index contributed by atoms with van der Waals surface area (Å²) in [7, 11) is 0. The lowest BCUT2D eigenvalue weighted by Crippen LogP contribution is -2.10. The lowest BCUT2D eigenvalue weighted by Gasteiger charge is -2.26. The number of nitrogens with zero attached hydrogens (tertiary/aromatic N) is 2. The SMILES string of the molecule is c1ccc(COCCc2ccc(N(c3ccc(COCc4ccc(N(c5ccc(CCOCc6ccccc6)cc5)c5ccc(-c6ccccc6)cc5)cc4)cc3)c3ccc(-c4ccccc4)cc3)cc2)cc1. The van der Waals surface area contributed by atoms with Crippen LogP contribution < -0.4 is 9.80 Å². The first kappa shape index (κ1) is 48.3. The fourth-order valence-corrected chi connectivity index (χ4v) is 9.06. The van der Waals surface area contributed by atoms with Crippen LogP contribution in [0.5, 0.6) is 0 Å². The molecule has 0 aromatic heterocycles. The van der Waals surface area contributed by atoms with Crippen LogP contribution in [0.2, 0.25) is 0 Å². The van der Waals surface area contributed by atoms with Gasteiger partial charge >= 0.3 is 0 Å². The van der Waals surface area contributed by atoms with Crippen LogP contribution in [-0.2, 0) is 53.5 Å². The fraction of sp³-hybridized carbons (Fsp3) is 0.118. The average Bonchev–Trinajstić information content (AvgIpc) is 3.46. The number of rotatable bonds is 22. The standard InChI is InChI=1S/C68H60N2O3/c1-5-13-55(14-6-1)49-71-47-45-53-21-33-63(34-22-53)69(67-41-29-61(30-42-67)59-17-9-3-10-18-59)65-37-25-57(26-38-65)51-73-52-58-27-39-66(40-28-58)70(68-43-31-62(32-44-68)60-19-11-4-12-20-60)64-35-23-54(24-36-64)46-48-72-50-56-15-7-2-8-16-56/h1-44H,45-52H2. The van der Waals surface area contributed by atoms with Crippen molar-refractivity contribution in [3.63, 3.8) is 0 Å². The second-order valence-corrected chi connectivity index (χ2v) is 18.2. The van der Waals surface area contributed by atoms with Crippen molar-refractivity contribution in [2.24, 2.45) is 0 Å². The van der Waals surface area contributed by atoms with Crippen molar-refractivity contribution in [1.82, 2.24) is 0 Å². The van der Waals surface area contributed by atoms with Gasteiger partial charge in [-0.05, 0) is 141 Å². The molecule has 0 saturated carbocycles. The van der Waals surface area contributed by atoms with Gasteiger partial charge in [-0.15, -0.1) is 0 Å². The van der Waals surface area contributed by atoms with Gasteiger partial charge in [-0.2, -0.15) is 0 Å². The van der Waals surface area contributed by atoms with E-state index in [-0.39, 0.29) is 0 Å². The largest absolute Gasteiger partial charge is 0.376 e. The van der Waals surface area contributed by atoms with Gasteiger partial charge in [0.05, 0.1) is 39.6 Å². The Kier molecular flexibility index (Phi) is 16.3. The maximum absolute atomic E-state index is 6.36. The fourth-order valence-electron chi connectivity index (χ4n) is 9.06. The highest BCUT2D eigenvalue weighted by Gasteiger charge is 2.16. The highest BCUT2D eigenvalue weighted by atomic mass is 16.5. The van der Waals surface area contributed by atoms with Gasteiger partial charge in [0, 0.05) is 34.1 Å². The van der Waals surface area contributed by atoms with E-state index in [9.17, 15) is 0 Å². The first-order valence-corrected chi connectivity index (χ1v) is 25.3. The van der Waals surface area contributed by atoms with Crippen LogP contribution in [0.3, 0.4) is 0 Å². The Balaban J connectivity index is 0.799. The van der Waals surface area contributed by atoms with Gasteiger partial charge < -0.3 is 24.0 Å². The predicted molar refractivity (Wildman–Crippen MR) is 301 cm³/mol. The Morgan fingerprint density at radius 3 is 0.753 bits per heavy atom. The Labute approximate surface area is 431 Å². The van der Waals surface area contributed by atoms with Crippen LogP contribution in [0.4, 0.5) is 34.1 Å². The smallest absolute Gasteiger partial charge is 0.0721 e. The van der Waals surface area contributed by atoms with Crippen LogP contribution in [0.25, 0.3) is 22.3 Å². The molecule has 0 unspecified atom stereocenters. The summed E-state index contributed by atoms with van der Waals surface area (Å²) >= 11 is 0. The molecule has 0 saturated heterocycles. The number of anilines is 6. The van der Waals surface area contributed by atoms with Crippen LogP contribution in [0.15, 0.2) is 267 Å². The van der Waals surface area contributed by atoms with Gasteiger partial charge in [0.2, 0.25) is 0 Å². The molecule has 0 amide bonds. The maximum Gasteiger partial charge on any atom is 0.0721 e. The van der Waals surface area contributed by atoms with E-state index in [0.29, 0.717) is 39.6 Å². The summed E-state index contributed by atoms with van der Waals surface area (Å²) in [5, 5.41) is 0. The Morgan fingerprint density at radius 2 is 0.438 bits per heavy atom. The molecule has 73 heavy (non-hydrogen) atoms. The Hall–Kier alpha value is -8.32. The molecule has 0 aliphatic heterocycles. The molecule has 0 bridgehead atoms. The Bertz CT molecular complexity index is 2960. The molecule has 5 heteroatoms. The van der Waals surface area contributed by atoms with Gasteiger partial charge in [-0.25, -0.2) is 0 Å². The zero-order valence-corrected chi connectivity index (χ0v) is 41.2. The molecule has 5 nitrogen and oxygen atoms in total. The van der Waals surface area contributed by atoms with E-state index < -0.39 is 0 Å². The lowest BCUT2D eigenvalue weighted by atomic mass is 10.0. The number of hydrogen-bond acceptors (Lipinski definition) is 5. The third kappa shape index (κ3) is 13.2. The molecule has 10 aromatic rings. The van der Waals surface area contributed by atoms with Gasteiger partial charge in [-0.3, -0.25) is 0 Å². The highest BCUT2D eigenvalue weighted by molar-refractivity contribution is 5.80. The third-order valence-corrected chi connectivity index (χ3v) is 13.1. The molecule has 360 valence electrons. The quantitative estimate of drug-likeness (QED) is 0.0633. The summed E-state index contributed by atoms with van der Waals surface area (Å²) < 4.78 is 18.4. The highest BCUT2D eigenvalue weighted by Crippen LogP contribution is 2.38. The average molecular weight is 953 g/mol. The Morgan fingerprint density at radius 1 is 0.205 bits per heavy atom. The van der Waals surface area contributed by atoms with Crippen LogP contribution in [0.1, 0.15) is 33.4 Å². The molecule has 0 heterocycles. The summed E-state index contributed by atoms with van der Waals surface area (Å²) in [6.45, 7) is 3.57. The minimum atomic E-state index is 0.498. The zero-order chi connectivity index (χ0) is 49.3. The van der Waals surface area contributed by atoms with Gasteiger partial charge in [0.25, 0.3) is 0 Å². The van der Waals surface area contributed by atoms with E-state index in [1.807, 2.05) is 12.1 Å². The molecule has 10 aromatic carbocycles. The molecule has 0 fully saturated rings. The van der Waals surface area contributed by atoms with E-state index in [0.717, 1.165) is 58.1 Å². The number of hydrogen-bond donors (Lipinski definition) is 0. The van der Waals surface area contributed by atoms with E-state index in [2.05, 4.69) is 265 Å². The van der Waals surface area contributed by atoms with Gasteiger partial charge in [-0.1, -0.05) is 194 Å². The van der Waals surface area contributed by atoms with Crippen LogP contribution in [-0.4, -0.2) is 13.2 Å². The minimum Gasteiger partial charge on any atom is -0.376 e. The van der Waals surface area contributed by atoms with Gasteiger partial charge in [0.1, 0.15) is 0 Å². The zero-order valence-electron chi connectivity index (χ0n) is 41.2. The minimum absolute atomic E-state index is 0.498. The van der Waals surface area contributed by atoms with Crippen molar-refractivity contribution in [3.05, 3.63) is 300 Å². The second kappa shape index (κ2) is 24.7. The summed E-state index contributed by atoms with van der Waals surface area (Å²) in [6, 6.07) is 94.5. The van der Waals surface area contributed by atoms with Crippen molar-refractivity contribution < 1.29 is 14.2 Å². The molecule has 0 radical (unpaired) electrons. The number of ether oxygens (including phenoxy) is 3. The number of benzene rings is 10. The molecule has 0 N–H and O–H groups in total. The van der Waals surface area contributed by atoms with E-state index in [4.69, 9.17) is 14.2 Å². The first-order valence-electron chi connectivity index (χ1n) is 25.3. The molecule has 10 rings (SSSR count).